The maximum Gasteiger partial charge on any atom is 0.255 e. The number of halogens is 1. The van der Waals surface area contributed by atoms with Gasteiger partial charge in [-0.1, -0.05) is 35.3 Å². The zero-order valence-corrected chi connectivity index (χ0v) is 13.2. The molecule has 110 valence electrons. The number of hydrogen-bond acceptors (Lipinski definition) is 3. The van der Waals surface area contributed by atoms with Crippen molar-refractivity contribution < 1.29 is 14.3 Å². The van der Waals surface area contributed by atoms with E-state index >= 15 is 0 Å². The molecule has 0 aromatic heterocycles. The number of benzene rings is 1. The number of para-hydroxylation sites is 1. The molecule has 5 heteroatoms. The van der Waals surface area contributed by atoms with E-state index in [-0.39, 0.29) is 5.91 Å². The van der Waals surface area contributed by atoms with Crippen molar-refractivity contribution in [3.63, 3.8) is 0 Å². The minimum atomic E-state index is -0.0969. The Kier molecular flexibility index (Phi) is 5.71. The molecule has 0 saturated carbocycles. The highest BCUT2D eigenvalue weighted by atomic mass is 79.9. The van der Waals surface area contributed by atoms with Crippen molar-refractivity contribution in [1.29, 1.82) is 0 Å². The van der Waals surface area contributed by atoms with E-state index in [0.29, 0.717) is 42.7 Å². The quantitative estimate of drug-likeness (QED) is 0.809. The van der Waals surface area contributed by atoms with E-state index in [1.807, 2.05) is 12.1 Å². The molecule has 1 N–H and O–H groups in total. The molecule has 1 unspecified atom stereocenters. The smallest absolute Gasteiger partial charge is 0.255 e. The third kappa shape index (κ3) is 3.66. The zero-order valence-electron chi connectivity index (χ0n) is 11.7. The lowest BCUT2D eigenvalue weighted by Gasteiger charge is -2.21. The predicted molar refractivity (Wildman–Crippen MR) is 82.0 cm³/mol. The summed E-state index contributed by atoms with van der Waals surface area (Å²) in [5.74, 6) is 1.61. The van der Waals surface area contributed by atoms with Gasteiger partial charge < -0.3 is 14.8 Å². The summed E-state index contributed by atoms with van der Waals surface area (Å²) in [4.78, 5) is 12.3. The topological polar surface area (TPSA) is 47.6 Å². The second-order valence-corrected chi connectivity index (χ2v) is 5.58. The molecule has 20 heavy (non-hydrogen) atoms. The van der Waals surface area contributed by atoms with Gasteiger partial charge >= 0.3 is 0 Å². The average Bonchev–Trinajstić information content (AvgIpc) is 2.50. The minimum absolute atomic E-state index is 0.0969. The number of fused-ring (bicyclic) bond motifs is 1. The predicted octanol–water partition coefficient (Wildman–Crippen LogP) is 3.00. The summed E-state index contributed by atoms with van der Waals surface area (Å²) in [5.41, 5.74) is 0.552. The number of amides is 1. The van der Waals surface area contributed by atoms with Crippen LogP contribution in [0.25, 0.3) is 0 Å². The fraction of sp³-hybridized carbons (Fsp3) is 0.533. The van der Waals surface area contributed by atoms with Crippen LogP contribution in [0.5, 0.6) is 11.5 Å². The summed E-state index contributed by atoms with van der Waals surface area (Å²) < 4.78 is 11.1. The van der Waals surface area contributed by atoms with Gasteiger partial charge in [0, 0.05) is 11.9 Å². The van der Waals surface area contributed by atoms with Gasteiger partial charge in [-0.05, 0) is 24.5 Å². The summed E-state index contributed by atoms with van der Waals surface area (Å²) in [6.45, 7) is 3.84. The Balaban J connectivity index is 2.02. The molecular formula is C15H20BrNO3. The molecule has 1 atom stereocenters. The van der Waals surface area contributed by atoms with Crippen LogP contribution in [0.1, 0.15) is 30.1 Å². The van der Waals surface area contributed by atoms with Gasteiger partial charge in [0.25, 0.3) is 5.91 Å². The van der Waals surface area contributed by atoms with Gasteiger partial charge in [0.2, 0.25) is 0 Å². The van der Waals surface area contributed by atoms with E-state index < -0.39 is 0 Å². The number of ether oxygens (including phenoxy) is 2. The maximum atomic E-state index is 12.3. The van der Waals surface area contributed by atoms with E-state index in [4.69, 9.17) is 9.47 Å². The molecule has 1 aromatic rings. The highest BCUT2D eigenvalue weighted by molar-refractivity contribution is 9.09. The number of nitrogens with one attached hydrogen (secondary N) is 1. The molecule has 1 aromatic carbocycles. The largest absolute Gasteiger partial charge is 0.486 e. The third-order valence-corrected chi connectivity index (χ3v) is 3.91. The second kappa shape index (κ2) is 7.53. The van der Waals surface area contributed by atoms with E-state index in [1.165, 1.54) is 0 Å². The molecule has 1 amide bonds. The third-order valence-electron chi connectivity index (χ3n) is 3.46. The monoisotopic (exact) mass is 341 g/mol. The fourth-order valence-corrected chi connectivity index (χ4v) is 2.84. The first-order valence-corrected chi connectivity index (χ1v) is 8.11. The fourth-order valence-electron chi connectivity index (χ4n) is 2.19. The van der Waals surface area contributed by atoms with Gasteiger partial charge in [0.05, 0.1) is 5.56 Å². The highest BCUT2D eigenvalue weighted by Gasteiger charge is 2.20. The Morgan fingerprint density at radius 2 is 2.20 bits per heavy atom. The van der Waals surface area contributed by atoms with Crippen LogP contribution in [0, 0.1) is 5.92 Å². The lowest BCUT2D eigenvalue weighted by atomic mass is 10.0. The van der Waals surface area contributed by atoms with Crippen LogP contribution in [0.2, 0.25) is 0 Å². The molecule has 0 saturated heterocycles. The van der Waals surface area contributed by atoms with Crippen molar-refractivity contribution in [3.8, 4) is 11.5 Å². The van der Waals surface area contributed by atoms with Gasteiger partial charge in [-0.15, -0.1) is 0 Å². The first-order valence-electron chi connectivity index (χ1n) is 6.99. The molecule has 0 radical (unpaired) electrons. The Bertz CT molecular complexity index is 464. The number of alkyl halides is 1. The zero-order chi connectivity index (χ0) is 14.4. The minimum Gasteiger partial charge on any atom is -0.486 e. The van der Waals surface area contributed by atoms with Crippen molar-refractivity contribution in [2.24, 2.45) is 5.92 Å². The van der Waals surface area contributed by atoms with Gasteiger partial charge in [-0.25, -0.2) is 0 Å². The summed E-state index contributed by atoms with van der Waals surface area (Å²) in [6, 6.07) is 5.41. The van der Waals surface area contributed by atoms with Crippen molar-refractivity contribution in [3.05, 3.63) is 23.8 Å². The van der Waals surface area contributed by atoms with E-state index in [0.717, 1.165) is 18.2 Å². The standard InChI is InChI=1S/C15H20BrNO3/c1-2-11(6-7-16)10-17-15(18)12-4-3-5-13-14(12)20-9-8-19-13/h3-5,11H,2,6-10H2,1H3,(H,17,18). The average molecular weight is 342 g/mol. The van der Waals surface area contributed by atoms with E-state index in [1.54, 1.807) is 6.07 Å². The summed E-state index contributed by atoms with van der Waals surface area (Å²) >= 11 is 3.44. The number of hydrogen-bond donors (Lipinski definition) is 1. The van der Waals surface area contributed by atoms with Crippen LogP contribution in [-0.2, 0) is 0 Å². The lowest BCUT2D eigenvalue weighted by Crippen LogP contribution is -2.30. The van der Waals surface area contributed by atoms with Crippen LogP contribution >= 0.6 is 15.9 Å². The molecule has 0 fully saturated rings. The van der Waals surface area contributed by atoms with Crippen LogP contribution < -0.4 is 14.8 Å². The van der Waals surface area contributed by atoms with Gasteiger partial charge in [0.1, 0.15) is 13.2 Å². The second-order valence-electron chi connectivity index (χ2n) is 4.79. The molecular weight excluding hydrogens is 322 g/mol. The SMILES string of the molecule is CCC(CCBr)CNC(=O)c1cccc2c1OCCO2. The Morgan fingerprint density at radius 1 is 1.40 bits per heavy atom. The number of rotatable bonds is 6. The van der Waals surface area contributed by atoms with Gasteiger partial charge in [0.15, 0.2) is 11.5 Å². The molecule has 1 aliphatic heterocycles. The summed E-state index contributed by atoms with van der Waals surface area (Å²) in [5, 5.41) is 3.95. The Labute approximate surface area is 128 Å². The Hall–Kier alpha value is -1.23. The molecule has 0 bridgehead atoms. The number of carbonyl (C=O) groups is 1. The Morgan fingerprint density at radius 3 is 2.95 bits per heavy atom. The van der Waals surface area contributed by atoms with Crippen LogP contribution in [0.3, 0.4) is 0 Å². The van der Waals surface area contributed by atoms with Crippen LogP contribution in [-0.4, -0.2) is 31.0 Å². The van der Waals surface area contributed by atoms with Crippen LogP contribution in [0.15, 0.2) is 18.2 Å². The molecule has 1 heterocycles. The molecule has 4 nitrogen and oxygen atoms in total. The van der Waals surface area contributed by atoms with Crippen molar-refractivity contribution >= 4 is 21.8 Å². The summed E-state index contributed by atoms with van der Waals surface area (Å²) in [7, 11) is 0. The molecule has 0 aliphatic carbocycles. The first-order chi connectivity index (χ1) is 9.76. The highest BCUT2D eigenvalue weighted by Crippen LogP contribution is 2.33. The normalized spacial score (nSPS) is 14.7. The van der Waals surface area contributed by atoms with Crippen molar-refractivity contribution in [1.82, 2.24) is 5.32 Å². The van der Waals surface area contributed by atoms with E-state index in [2.05, 4.69) is 28.2 Å². The molecule has 0 spiro atoms. The molecule has 2 rings (SSSR count). The van der Waals surface area contributed by atoms with Crippen molar-refractivity contribution in [2.75, 3.05) is 25.1 Å². The summed E-state index contributed by atoms with van der Waals surface area (Å²) in [6.07, 6.45) is 2.11. The molecule has 1 aliphatic rings. The van der Waals surface area contributed by atoms with Gasteiger partial charge in [-0.2, -0.15) is 0 Å². The maximum absolute atomic E-state index is 12.3. The number of carbonyl (C=O) groups excluding carboxylic acids is 1. The van der Waals surface area contributed by atoms with Crippen LogP contribution in [0.4, 0.5) is 0 Å². The van der Waals surface area contributed by atoms with E-state index in [9.17, 15) is 4.79 Å². The van der Waals surface area contributed by atoms with Gasteiger partial charge in [-0.3, -0.25) is 4.79 Å². The van der Waals surface area contributed by atoms with Crippen molar-refractivity contribution in [2.45, 2.75) is 19.8 Å². The first kappa shape index (κ1) is 15.2. The lowest BCUT2D eigenvalue weighted by molar-refractivity contribution is 0.0935.